The fourth-order valence-electron chi connectivity index (χ4n) is 2.64. The van der Waals surface area contributed by atoms with Crippen LogP contribution >= 0.6 is 24.0 Å². The van der Waals surface area contributed by atoms with Crippen molar-refractivity contribution in [3.63, 3.8) is 0 Å². The molecule has 1 heterocycles. The molecule has 0 amide bonds. The average Bonchev–Trinajstić information content (AvgIpc) is 2.64. The molecule has 0 radical (unpaired) electrons. The molecule has 13 heteroatoms. The molecule has 0 aromatic rings. The largest absolute Gasteiger partial charge is 0.613 e. The van der Waals surface area contributed by atoms with E-state index in [1.165, 1.54) is 26.2 Å². The maximum absolute atomic E-state index is 12.3. The van der Waals surface area contributed by atoms with Gasteiger partial charge in [-0.15, -0.1) is 0 Å². The smallest absolute Gasteiger partial charge is 0.497 e. The van der Waals surface area contributed by atoms with Gasteiger partial charge < -0.3 is 28.3 Å². The van der Waals surface area contributed by atoms with Crippen molar-refractivity contribution in [3.8, 4) is 0 Å². The zero-order valence-corrected chi connectivity index (χ0v) is 18.7. The number of hydrogen-bond acceptors (Lipinski definition) is 12. The van der Waals surface area contributed by atoms with Crippen molar-refractivity contribution in [2.24, 2.45) is 5.92 Å². The Hall–Kier alpha value is -1.41. The SMILES string of the molecule is CCOC(=S)SC(CC(C(=O)OC)C(OC)OC)B1OC(=O)CN(C)CC(=O)O1. The van der Waals surface area contributed by atoms with Crippen molar-refractivity contribution in [1.82, 2.24) is 4.90 Å². The van der Waals surface area contributed by atoms with Gasteiger partial charge >= 0.3 is 25.0 Å². The van der Waals surface area contributed by atoms with Gasteiger partial charge in [0.2, 0.25) is 4.38 Å². The van der Waals surface area contributed by atoms with E-state index in [0.29, 0.717) is 6.61 Å². The fraction of sp³-hybridized carbons (Fsp3) is 0.750. The minimum Gasteiger partial charge on any atom is -0.497 e. The summed E-state index contributed by atoms with van der Waals surface area (Å²) >= 11 is 6.19. The Morgan fingerprint density at radius 2 is 1.76 bits per heavy atom. The minimum absolute atomic E-state index is 0.0119. The molecule has 164 valence electrons. The number of hydrogen-bond donors (Lipinski definition) is 0. The molecule has 1 aliphatic heterocycles. The molecular weight excluding hydrogens is 425 g/mol. The molecule has 2 atom stereocenters. The highest BCUT2D eigenvalue weighted by molar-refractivity contribution is 8.23. The van der Waals surface area contributed by atoms with Crippen LogP contribution in [-0.4, -0.2) is 93.8 Å². The number of thioether (sulfide) groups is 1. The molecule has 1 aliphatic rings. The zero-order valence-electron chi connectivity index (χ0n) is 17.1. The van der Waals surface area contributed by atoms with Crippen LogP contribution in [0.3, 0.4) is 0 Å². The van der Waals surface area contributed by atoms with Crippen molar-refractivity contribution in [2.45, 2.75) is 24.8 Å². The third-order valence-corrected chi connectivity index (χ3v) is 5.32. The summed E-state index contributed by atoms with van der Waals surface area (Å²) in [6, 6.07) is 0. The number of rotatable bonds is 9. The summed E-state index contributed by atoms with van der Waals surface area (Å²) in [6.45, 7) is 1.92. The summed E-state index contributed by atoms with van der Waals surface area (Å²) in [4.78, 5) is 38.1. The monoisotopic (exact) mass is 451 g/mol. The lowest BCUT2D eigenvalue weighted by molar-refractivity contribution is -0.174. The molecule has 2 unspecified atom stereocenters. The molecular formula is C16H26BNO9S2. The first-order valence-corrected chi connectivity index (χ1v) is 10.1. The number of carbonyl (C=O) groups is 3. The summed E-state index contributed by atoms with van der Waals surface area (Å²) in [5.74, 6) is -2.66. The lowest BCUT2D eigenvalue weighted by Crippen LogP contribution is -2.49. The number of methoxy groups -OCH3 is 3. The Balaban J connectivity index is 3.15. The highest BCUT2D eigenvalue weighted by atomic mass is 32.2. The first-order chi connectivity index (χ1) is 13.7. The Labute approximate surface area is 180 Å². The molecule has 0 N–H and O–H groups in total. The van der Waals surface area contributed by atoms with Gasteiger partial charge in [-0.3, -0.25) is 19.3 Å². The van der Waals surface area contributed by atoms with E-state index in [1.54, 1.807) is 14.0 Å². The highest BCUT2D eigenvalue weighted by Gasteiger charge is 2.45. The third kappa shape index (κ3) is 8.46. The van der Waals surface area contributed by atoms with Gasteiger partial charge in [0.05, 0.1) is 32.0 Å². The average molecular weight is 451 g/mol. The van der Waals surface area contributed by atoms with E-state index >= 15 is 0 Å². The normalized spacial score (nSPS) is 17.7. The predicted molar refractivity (Wildman–Crippen MR) is 109 cm³/mol. The third-order valence-electron chi connectivity index (χ3n) is 3.89. The summed E-state index contributed by atoms with van der Waals surface area (Å²) < 4.78 is 31.4. The van der Waals surface area contributed by atoms with Crippen LogP contribution in [0.4, 0.5) is 0 Å². The van der Waals surface area contributed by atoms with E-state index in [-0.39, 0.29) is 23.9 Å². The Kier molecular flexibility index (Phi) is 11.5. The zero-order chi connectivity index (χ0) is 22.0. The van der Waals surface area contributed by atoms with Crippen molar-refractivity contribution in [1.29, 1.82) is 0 Å². The summed E-state index contributed by atoms with van der Waals surface area (Å²) in [7, 11) is 4.30. The van der Waals surface area contributed by atoms with Crippen LogP contribution in [0.15, 0.2) is 0 Å². The lowest BCUT2D eigenvalue weighted by Gasteiger charge is -2.29. The highest BCUT2D eigenvalue weighted by Crippen LogP contribution is 2.29. The first-order valence-electron chi connectivity index (χ1n) is 8.79. The number of thiocarbonyl (C=S) groups is 1. The molecule has 0 aromatic heterocycles. The predicted octanol–water partition coefficient (Wildman–Crippen LogP) is 0.267. The Morgan fingerprint density at radius 1 is 1.21 bits per heavy atom. The molecule has 29 heavy (non-hydrogen) atoms. The molecule has 0 saturated carbocycles. The standard InChI is InChI=1S/C16H26BNO9S2/c1-6-25-16(28)29-11(7-10(14(21)22-3)15(23-4)24-5)17-26-12(19)8-18(2)9-13(20)27-17/h10-11,15H,6-9H2,1-5H3. The Morgan fingerprint density at radius 3 is 2.21 bits per heavy atom. The molecule has 1 saturated heterocycles. The van der Waals surface area contributed by atoms with Crippen molar-refractivity contribution < 1.29 is 42.6 Å². The van der Waals surface area contributed by atoms with Crippen LogP contribution in [0.1, 0.15) is 13.3 Å². The summed E-state index contributed by atoms with van der Waals surface area (Å²) in [6.07, 6.45) is -0.921. The van der Waals surface area contributed by atoms with E-state index in [1.807, 2.05) is 0 Å². The first kappa shape index (κ1) is 25.6. The van der Waals surface area contributed by atoms with Gasteiger partial charge in [0.25, 0.3) is 0 Å². The summed E-state index contributed by atoms with van der Waals surface area (Å²) in [5, 5.41) is -0.762. The molecule has 0 bridgehead atoms. The van der Waals surface area contributed by atoms with Crippen LogP contribution in [0, 0.1) is 5.92 Å². The second-order valence-electron chi connectivity index (χ2n) is 6.06. The van der Waals surface area contributed by atoms with Crippen molar-refractivity contribution >= 4 is 53.4 Å². The fourth-order valence-corrected chi connectivity index (χ4v) is 4.09. The van der Waals surface area contributed by atoms with Gasteiger partial charge in [-0.2, -0.15) is 0 Å². The van der Waals surface area contributed by atoms with E-state index in [0.717, 1.165) is 11.8 Å². The van der Waals surface area contributed by atoms with Gasteiger partial charge in [0, 0.05) is 14.2 Å². The lowest BCUT2D eigenvalue weighted by atomic mass is 9.78. The molecule has 0 spiro atoms. The van der Waals surface area contributed by atoms with E-state index < -0.39 is 42.4 Å². The number of esters is 1. The van der Waals surface area contributed by atoms with E-state index in [9.17, 15) is 14.4 Å². The molecule has 10 nitrogen and oxygen atoms in total. The second kappa shape index (κ2) is 13.0. The number of carbonyl (C=O) groups excluding carboxylic acids is 3. The van der Waals surface area contributed by atoms with Crippen LogP contribution in [-0.2, 0) is 42.6 Å². The van der Waals surface area contributed by atoms with Crippen LogP contribution in [0.25, 0.3) is 0 Å². The molecule has 1 rings (SSSR count). The Bertz CT molecular complexity index is 571. The maximum atomic E-state index is 12.3. The molecule has 0 aromatic carbocycles. The summed E-state index contributed by atoms with van der Waals surface area (Å²) in [5.41, 5.74) is 0. The van der Waals surface area contributed by atoms with Crippen molar-refractivity contribution in [2.75, 3.05) is 48.1 Å². The van der Waals surface area contributed by atoms with Crippen LogP contribution in [0.2, 0.25) is 0 Å². The minimum atomic E-state index is -1.28. The van der Waals surface area contributed by atoms with Gasteiger partial charge in [-0.05, 0) is 32.6 Å². The van der Waals surface area contributed by atoms with E-state index in [4.69, 9.17) is 40.5 Å². The van der Waals surface area contributed by atoms with Gasteiger partial charge in [0.1, 0.15) is 5.92 Å². The maximum Gasteiger partial charge on any atom is 0.613 e. The van der Waals surface area contributed by atoms with Crippen LogP contribution in [0.5, 0.6) is 0 Å². The van der Waals surface area contributed by atoms with E-state index in [2.05, 4.69) is 0 Å². The second-order valence-corrected chi connectivity index (χ2v) is 7.91. The van der Waals surface area contributed by atoms with Crippen molar-refractivity contribution in [3.05, 3.63) is 0 Å². The number of likely N-dealkylation sites (N-methyl/N-ethyl adjacent to an activating group) is 1. The molecule has 1 fully saturated rings. The topological polar surface area (TPSA) is 110 Å². The number of ether oxygens (including phenoxy) is 4. The van der Waals surface area contributed by atoms with Gasteiger partial charge in [0.15, 0.2) is 6.29 Å². The molecule has 0 aliphatic carbocycles. The van der Waals surface area contributed by atoms with Gasteiger partial charge in [-0.25, -0.2) is 0 Å². The van der Waals surface area contributed by atoms with Gasteiger partial charge in [-0.1, -0.05) is 11.8 Å². The quantitative estimate of drug-likeness (QED) is 0.208. The van der Waals surface area contributed by atoms with Crippen LogP contribution < -0.4 is 0 Å². The number of nitrogens with zero attached hydrogens (tertiary/aromatic N) is 1.